The van der Waals surface area contributed by atoms with Crippen molar-refractivity contribution >= 4 is 17.5 Å². The average Bonchev–Trinajstić information content (AvgIpc) is 3.88. The monoisotopic (exact) mass is 661 g/mol. The zero-order valence-electron chi connectivity index (χ0n) is 30.1. The molecular formula is C39H59N5O4. The van der Waals surface area contributed by atoms with E-state index in [2.05, 4.69) is 56.0 Å². The van der Waals surface area contributed by atoms with Crippen molar-refractivity contribution in [2.45, 2.75) is 53.1 Å². The van der Waals surface area contributed by atoms with Crippen LogP contribution in [-0.4, -0.2) is 118 Å². The number of likely N-dealkylation sites (tertiary alicyclic amines) is 3. The van der Waals surface area contributed by atoms with Gasteiger partial charge in [0.15, 0.2) is 0 Å². The molecule has 2 aromatic rings. The molecule has 0 aromatic heterocycles. The van der Waals surface area contributed by atoms with Crippen LogP contribution in [0, 0.1) is 23.7 Å². The number of hydrogen-bond donors (Lipinski definition) is 0. The number of anilines is 2. The van der Waals surface area contributed by atoms with Gasteiger partial charge in [-0.15, -0.1) is 0 Å². The first kappa shape index (κ1) is 34.7. The fourth-order valence-electron chi connectivity index (χ4n) is 8.29. The molecule has 0 unspecified atom stereocenters. The molecule has 5 heterocycles. The number of rotatable bonds is 9. The predicted octanol–water partition coefficient (Wildman–Crippen LogP) is 5.94. The molecule has 5 aliphatic heterocycles. The van der Waals surface area contributed by atoms with Gasteiger partial charge in [-0.3, -0.25) is 0 Å². The summed E-state index contributed by atoms with van der Waals surface area (Å²) in [5.41, 5.74) is 2.16. The quantitative estimate of drug-likeness (QED) is 0.328. The molecular weight excluding hydrogens is 602 g/mol. The van der Waals surface area contributed by atoms with Crippen LogP contribution in [0.15, 0.2) is 48.5 Å². The largest absolute Gasteiger partial charge is 0.494 e. The first-order valence-electron chi connectivity index (χ1n) is 18.6. The summed E-state index contributed by atoms with van der Waals surface area (Å²) in [4.78, 5) is 24.4. The van der Waals surface area contributed by atoms with Gasteiger partial charge in [-0.25, -0.2) is 4.79 Å². The summed E-state index contributed by atoms with van der Waals surface area (Å²) in [5.74, 6) is 4.67. The topological polar surface area (TPSA) is 61.0 Å². The van der Waals surface area contributed by atoms with Gasteiger partial charge in [-0.1, -0.05) is 0 Å². The van der Waals surface area contributed by atoms with Crippen LogP contribution in [-0.2, 0) is 4.74 Å². The number of ether oxygens (including phenoxy) is 3. The summed E-state index contributed by atoms with van der Waals surface area (Å²) in [6, 6.07) is 17.0. The molecule has 0 N–H and O–H groups in total. The maximum Gasteiger partial charge on any atom is 0.410 e. The highest BCUT2D eigenvalue weighted by Crippen LogP contribution is 2.36. The lowest BCUT2D eigenvalue weighted by Crippen LogP contribution is -2.37. The van der Waals surface area contributed by atoms with Crippen LogP contribution in [0.1, 0.15) is 47.5 Å². The van der Waals surface area contributed by atoms with Crippen molar-refractivity contribution in [2.75, 3.05) is 102 Å². The number of hydrogen-bond acceptors (Lipinski definition) is 8. The normalized spacial score (nSPS) is 25.6. The van der Waals surface area contributed by atoms with Crippen LogP contribution < -0.4 is 19.3 Å². The van der Waals surface area contributed by atoms with Crippen molar-refractivity contribution in [3.8, 4) is 11.5 Å². The van der Waals surface area contributed by atoms with E-state index in [4.69, 9.17) is 14.2 Å². The van der Waals surface area contributed by atoms with Gasteiger partial charge in [0.2, 0.25) is 0 Å². The van der Waals surface area contributed by atoms with Gasteiger partial charge in [0.1, 0.15) is 17.1 Å². The molecule has 5 saturated heterocycles. The lowest BCUT2D eigenvalue weighted by atomic mass is 10.0. The summed E-state index contributed by atoms with van der Waals surface area (Å²) >= 11 is 0. The van der Waals surface area contributed by atoms with Crippen molar-refractivity contribution in [1.82, 2.24) is 14.7 Å². The van der Waals surface area contributed by atoms with Crippen molar-refractivity contribution in [3.63, 3.8) is 0 Å². The molecule has 7 rings (SSSR count). The molecule has 264 valence electrons. The van der Waals surface area contributed by atoms with E-state index in [-0.39, 0.29) is 6.09 Å². The lowest BCUT2D eigenvalue weighted by molar-refractivity contribution is 0.0282. The van der Waals surface area contributed by atoms with Gasteiger partial charge in [-0.2, -0.15) is 0 Å². The Bertz CT molecular complexity index is 1280. The van der Waals surface area contributed by atoms with Crippen molar-refractivity contribution in [2.24, 2.45) is 23.7 Å². The molecule has 0 spiro atoms. The molecule has 0 radical (unpaired) electrons. The number of fused-ring (bicyclic) bond motifs is 2. The highest BCUT2D eigenvalue weighted by molar-refractivity contribution is 5.68. The van der Waals surface area contributed by atoms with Crippen molar-refractivity contribution < 1.29 is 19.0 Å². The Labute approximate surface area is 289 Å². The Balaban J connectivity index is 0.000000167. The van der Waals surface area contributed by atoms with Crippen molar-refractivity contribution in [3.05, 3.63) is 48.5 Å². The smallest absolute Gasteiger partial charge is 0.410 e. The summed E-state index contributed by atoms with van der Waals surface area (Å²) < 4.78 is 16.5. The summed E-state index contributed by atoms with van der Waals surface area (Å²) in [6.07, 6.45) is 2.63. The zero-order valence-corrected chi connectivity index (χ0v) is 30.1. The second kappa shape index (κ2) is 15.6. The van der Waals surface area contributed by atoms with Gasteiger partial charge in [0, 0.05) is 88.7 Å². The maximum atomic E-state index is 12.2. The third-order valence-electron chi connectivity index (χ3n) is 10.7. The summed E-state index contributed by atoms with van der Waals surface area (Å²) in [5, 5.41) is 0. The van der Waals surface area contributed by atoms with Gasteiger partial charge in [0.25, 0.3) is 0 Å². The van der Waals surface area contributed by atoms with Gasteiger partial charge < -0.3 is 38.7 Å². The molecule has 0 bridgehead atoms. The molecule has 9 nitrogen and oxygen atoms in total. The van der Waals surface area contributed by atoms with Crippen LogP contribution in [0.2, 0.25) is 0 Å². The van der Waals surface area contributed by atoms with Gasteiger partial charge in [-0.05, 0) is 121 Å². The standard InChI is InChI=1S/C20H31N3O.C19H28N2O3/c1-2-24-20-7-5-19(6-8-20)23-15-17-13-22(14-18(17)16-23)12-11-21-9-3-4-10-21;1-5-23-17-8-6-16(7-9-17)20-10-14-12-21(13-15(14)11-20)18(22)24-19(2,3)4/h5-8,17-18H,2-4,9-16H2,1H3;6-9,14-15H,5,10-13H2,1-4H3/t17-,18+;14-,15+. The third kappa shape index (κ3) is 8.89. The van der Waals surface area contributed by atoms with Crippen molar-refractivity contribution in [1.29, 1.82) is 0 Å². The second-order valence-electron chi connectivity index (χ2n) is 15.4. The summed E-state index contributed by atoms with van der Waals surface area (Å²) in [7, 11) is 0. The van der Waals surface area contributed by atoms with E-state index in [0.29, 0.717) is 18.4 Å². The molecule has 0 saturated carbocycles. The molecule has 9 heteroatoms. The minimum absolute atomic E-state index is 0.176. The van der Waals surface area contributed by atoms with E-state index in [1.54, 1.807) is 0 Å². The highest BCUT2D eigenvalue weighted by Gasteiger charge is 2.43. The number of amides is 1. The molecule has 5 fully saturated rings. The highest BCUT2D eigenvalue weighted by atomic mass is 16.6. The SMILES string of the molecule is CCOc1ccc(N2C[C@H]3CN(C(=O)OC(C)(C)C)C[C@H]3C2)cc1.CCOc1ccc(N2C[C@H]3CN(CCN4CCCC4)C[C@H]3C2)cc1. The number of nitrogens with zero attached hydrogens (tertiary/aromatic N) is 5. The van der Waals surface area contributed by atoms with E-state index in [1.807, 2.05) is 51.7 Å². The van der Waals surface area contributed by atoms with Crippen LogP contribution in [0.4, 0.5) is 16.2 Å². The molecule has 2 aromatic carbocycles. The van der Waals surface area contributed by atoms with Crippen LogP contribution in [0.25, 0.3) is 0 Å². The minimum Gasteiger partial charge on any atom is -0.494 e. The molecule has 48 heavy (non-hydrogen) atoms. The van der Waals surface area contributed by atoms with E-state index in [1.165, 1.54) is 76.6 Å². The molecule has 0 aliphatic carbocycles. The van der Waals surface area contributed by atoms with E-state index < -0.39 is 5.60 Å². The Morgan fingerprint density at radius 3 is 1.46 bits per heavy atom. The lowest BCUT2D eigenvalue weighted by Gasteiger charge is -2.26. The molecule has 1 amide bonds. The molecule has 5 aliphatic rings. The fourth-order valence-corrected chi connectivity index (χ4v) is 8.29. The minimum atomic E-state index is -0.427. The number of benzene rings is 2. The first-order chi connectivity index (χ1) is 23.2. The van der Waals surface area contributed by atoms with E-state index in [9.17, 15) is 4.79 Å². The number of carbonyl (C=O) groups excluding carboxylic acids is 1. The Hall–Kier alpha value is -3.17. The third-order valence-corrected chi connectivity index (χ3v) is 10.7. The Morgan fingerprint density at radius 1 is 0.625 bits per heavy atom. The Kier molecular flexibility index (Phi) is 11.3. The van der Waals surface area contributed by atoms with Crippen LogP contribution >= 0.6 is 0 Å². The van der Waals surface area contributed by atoms with Crippen LogP contribution in [0.5, 0.6) is 11.5 Å². The van der Waals surface area contributed by atoms with Crippen LogP contribution in [0.3, 0.4) is 0 Å². The molecule has 4 atom stereocenters. The van der Waals surface area contributed by atoms with E-state index in [0.717, 1.165) is 56.1 Å². The predicted molar refractivity (Wildman–Crippen MR) is 194 cm³/mol. The number of carbonyl (C=O) groups is 1. The van der Waals surface area contributed by atoms with Gasteiger partial charge in [0.05, 0.1) is 13.2 Å². The Morgan fingerprint density at radius 2 is 1.04 bits per heavy atom. The maximum absolute atomic E-state index is 12.2. The van der Waals surface area contributed by atoms with Gasteiger partial charge >= 0.3 is 6.09 Å². The second-order valence-corrected chi connectivity index (χ2v) is 15.4. The fraction of sp³-hybridized carbons (Fsp3) is 0.667. The first-order valence-corrected chi connectivity index (χ1v) is 18.6. The summed E-state index contributed by atoms with van der Waals surface area (Å²) in [6.45, 7) is 25.0. The zero-order chi connectivity index (χ0) is 33.7. The average molecular weight is 662 g/mol. The van der Waals surface area contributed by atoms with E-state index >= 15 is 0 Å².